The molecule has 1 aliphatic heterocycles. The lowest BCUT2D eigenvalue weighted by Crippen LogP contribution is -2.47. The third-order valence-corrected chi connectivity index (χ3v) is 4.29. The number of piperazine rings is 1. The molecule has 1 saturated heterocycles. The van der Waals surface area contributed by atoms with Crippen LogP contribution in [0.5, 0.6) is 5.88 Å². The van der Waals surface area contributed by atoms with Crippen LogP contribution in [0, 0.1) is 0 Å². The minimum Gasteiger partial charge on any atom is -0.480 e. The summed E-state index contributed by atoms with van der Waals surface area (Å²) in [4.78, 5) is 18.2. The summed E-state index contributed by atoms with van der Waals surface area (Å²) in [6.07, 6.45) is 1.83. The Kier molecular flexibility index (Phi) is 3.86. The molecule has 0 saturated carbocycles. The molecule has 6 nitrogen and oxygen atoms in total. The molecule has 0 N–H and O–H groups in total. The molecule has 0 bridgehead atoms. The molecule has 0 atom stereocenters. The summed E-state index contributed by atoms with van der Waals surface area (Å²) >= 11 is 0. The molecular weight excluding hydrogens is 302 g/mol. The van der Waals surface area contributed by atoms with Crippen LogP contribution in [0.4, 0.5) is 11.8 Å². The van der Waals surface area contributed by atoms with Crippen molar-refractivity contribution in [3.8, 4) is 5.88 Å². The van der Waals surface area contributed by atoms with Gasteiger partial charge in [-0.3, -0.25) is 0 Å². The fourth-order valence-corrected chi connectivity index (χ4v) is 3.01. The number of anilines is 2. The number of hydrogen-bond acceptors (Lipinski definition) is 6. The lowest BCUT2D eigenvalue weighted by Gasteiger charge is -2.35. The molecule has 122 valence electrons. The molecule has 0 amide bonds. The highest BCUT2D eigenvalue weighted by Crippen LogP contribution is 2.25. The second-order valence-corrected chi connectivity index (χ2v) is 5.71. The maximum Gasteiger partial charge on any atom is 0.229 e. The summed E-state index contributed by atoms with van der Waals surface area (Å²) in [7, 11) is 1.65. The van der Waals surface area contributed by atoms with Gasteiger partial charge in [-0.25, -0.2) is 9.97 Å². The fraction of sp³-hybridized carbons (Fsp3) is 0.278. The Balaban J connectivity index is 1.56. The van der Waals surface area contributed by atoms with Gasteiger partial charge in [0.15, 0.2) is 0 Å². The summed E-state index contributed by atoms with van der Waals surface area (Å²) in [5.41, 5.74) is 0.909. The van der Waals surface area contributed by atoms with Gasteiger partial charge in [0.1, 0.15) is 5.82 Å². The van der Waals surface area contributed by atoms with Crippen LogP contribution in [0.25, 0.3) is 10.9 Å². The molecule has 0 unspecified atom stereocenters. The molecule has 2 aromatic heterocycles. The van der Waals surface area contributed by atoms with Crippen molar-refractivity contribution >= 4 is 22.7 Å². The number of rotatable bonds is 3. The quantitative estimate of drug-likeness (QED) is 0.738. The number of methoxy groups -OCH3 is 1. The Morgan fingerprint density at radius 2 is 1.62 bits per heavy atom. The van der Waals surface area contributed by atoms with Gasteiger partial charge in [0, 0.05) is 32.4 Å². The first-order chi connectivity index (χ1) is 11.8. The fourth-order valence-electron chi connectivity index (χ4n) is 3.01. The van der Waals surface area contributed by atoms with Crippen molar-refractivity contribution in [2.75, 3.05) is 43.1 Å². The highest BCUT2D eigenvalue weighted by atomic mass is 16.5. The maximum atomic E-state index is 5.45. The normalized spacial score (nSPS) is 14.9. The average Bonchev–Trinajstić information content (AvgIpc) is 2.68. The van der Waals surface area contributed by atoms with Gasteiger partial charge in [0.25, 0.3) is 0 Å². The Hall–Kier alpha value is -2.89. The van der Waals surface area contributed by atoms with E-state index in [2.05, 4.69) is 19.8 Å². The van der Waals surface area contributed by atoms with Gasteiger partial charge in [0.05, 0.1) is 18.0 Å². The first kappa shape index (κ1) is 14.7. The van der Waals surface area contributed by atoms with Crippen LogP contribution in [0.15, 0.2) is 48.7 Å². The second-order valence-electron chi connectivity index (χ2n) is 5.71. The molecular formula is C18H19N5O. The van der Waals surface area contributed by atoms with Gasteiger partial charge in [0.2, 0.25) is 11.8 Å². The zero-order valence-corrected chi connectivity index (χ0v) is 13.6. The standard InChI is InChI=1S/C18H19N5O/c1-24-17-14-6-2-3-7-15(14)20-18(21-17)23-12-10-22(11-13-23)16-8-4-5-9-19-16/h2-9H,10-13H2,1H3. The van der Waals surface area contributed by atoms with E-state index in [4.69, 9.17) is 9.72 Å². The van der Waals surface area contributed by atoms with Crippen LogP contribution < -0.4 is 14.5 Å². The van der Waals surface area contributed by atoms with Crippen molar-refractivity contribution in [2.45, 2.75) is 0 Å². The third kappa shape index (κ3) is 2.71. The summed E-state index contributed by atoms with van der Waals surface area (Å²) in [5.74, 6) is 2.38. The van der Waals surface area contributed by atoms with Gasteiger partial charge in [-0.1, -0.05) is 18.2 Å². The van der Waals surface area contributed by atoms with E-state index in [9.17, 15) is 0 Å². The molecule has 0 aliphatic carbocycles. The van der Waals surface area contributed by atoms with E-state index in [0.29, 0.717) is 5.88 Å². The predicted molar refractivity (Wildman–Crippen MR) is 94.8 cm³/mol. The third-order valence-electron chi connectivity index (χ3n) is 4.29. The summed E-state index contributed by atoms with van der Waals surface area (Å²) < 4.78 is 5.45. The number of aromatic nitrogens is 3. The van der Waals surface area contributed by atoms with E-state index in [0.717, 1.165) is 48.8 Å². The Labute approximate surface area is 140 Å². The van der Waals surface area contributed by atoms with Gasteiger partial charge >= 0.3 is 0 Å². The molecule has 1 fully saturated rings. The van der Waals surface area contributed by atoms with Crippen LogP contribution in [-0.2, 0) is 0 Å². The number of hydrogen-bond donors (Lipinski definition) is 0. The number of ether oxygens (including phenoxy) is 1. The number of pyridine rings is 1. The van der Waals surface area contributed by atoms with Gasteiger partial charge in [-0.2, -0.15) is 4.98 Å². The number of fused-ring (bicyclic) bond motifs is 1. The van der Waals surface area contributed by atoms with Crippen molar-refractivity contribution in [3.63, 3.8) is 0 Å². The van der Waals surface area contributed by atoms with Gasteiger partial charge < -0.3 is 14.5 Å². The van der Waals surface area contributed by atoms with E-state index < -0.39 is 0 Å². The van der Waals surface area contributed by atoms with Crippen molar-refractivity contribution in [1.82, 2.24) is 15.0 Å². The molecule has 6 heteroatoms. The topological polar surface area (TPSA) is 54.4 Å². The lowest BCUT2D eigenvalue weighted by atomic mass is 10.2. The maximum absolute atomic E-state index is 5.45. The van der Waals surface area contributed by atoms with Gasteiger partial charge in [-0.15, -0.1) is 0 Å². The molecule has 3 heterocycles. The smallest absolute Gasteiger partial charge is 0.229 e. The number of benzene rings is 1. The number of para-hydroxylation sites is 1. The molecule has 3 aromatic rings. The molecule has 4 rings (SSSR count). The van der Waals surface area contributed by atoms with Crippen LogP contribution in [0.3, 0.4) is 0 Å². The lowest BCUT2D eigenvalue weighted by molar-refractivity contribution is 0.402. The van der Waals surface area contributed by atoms with Crippen molar-refractivity contribution in [3.05, 3.63) is 48.7 Å². The molecule has 0 spiro atoms. The molecule has 1 aliphatic rings. The first-order valence-corrected chi connectivity index (χ1v) is 8.07. The monoisotopic (exact) mass is 321 g/mol. The van der Waals surface area contributed by atoms with E-state index in [-0.39, 0.29) is 0 Å². The van der Waals surface area contributed by atoms with E-state index >= 15 is 0 Å². The minimum atomic E-state index is 0.628. The Morgan fingerprint density at radius 3 is 2.38 bits per heavy atom. The summed E-state index contributed by atoms with van der Waals surface area (Å²) in [6, 6.07) is 13.9. The summed E-state index contributed by atoms with van der Waals surface area (Å²) in [5, 5.41) is 0.941. The van der Waals surface area contributed by atoms with Gasteiger partial charge in [-0.05, 0) is 24.3 Å². The second kappa shape index (κ2) is 6.31. The highest BCUT2D eigenvalue weighted by molar-refractivity contribution is 5.84. The SMILES string of the molecule is COc1nc(N2CCN(c3ccccn3)CC2)nc2ccccc12. The zero-order chi connectivity index (χ0) is 16.4. The number of nitrogens with zero attached hydrogens (tertiary/aromatic N) is 5. The van der Waals surface area contributed by atoms with Crippen LogP contribution in [0.2, 0.25) is 0 Å². The van der Waals surface area contributed by atoms with Crippen LogP contribution >= 0.6 is 0 Å². The van der Waals surface area contributed by atoms with Crippen molar-refractivity contribution in [1.29, 1.82) is 0 Å². The molecule has 1 aromatic carbocycles. The van der Waals surface area contributed by atoms with E-state index in [1.165, 1.54) is 0 Å². The van der Waals surface area contributed by atoms with E-state index in [1.54, 1.807) is 7.11 Å². The van der Waals surface area contributed by atoms with Crippen molar-refractivity contribution < 1.29 is 4.74 Å². The zero-order valence-electron chi connectivity index (χ0n) is 13.6. The van der Waals surface area contributed by atoms with Crippen molar-refractivity contribution in [2.24, 2.45) is 0 Å². The van der Waals surface area contributed by atoms with E-state index in [1.807, 2.05) is 48.7 Å². The summed E-state index contributed by atoms with van der Waals surface area (Å²) in [6.45, 7) is 3.52. The predicted octanol–water partition coefficient (Wildman–Crippen LogP) is 2.36. The Bertz CT molecular complexity index is 831. The Morgan fingerprint density at radius 1 is 0.875 bits per heavy atom. The highest BCUT2D eigenvalue weighted by Gasteiger charge is 2.21. The largest absolute Gasteiger partial charge is 0.480 e. The van der Waals surface area contributed by atoms with Crippen LogP contribution in [-0.4, -0.2) is 48.2 Å². The molecule has 0 radical (unpaired) electrons. The average molecular weight is 321 g/mol. The minimum absolute atomic E-state index is 0.628. The first-order valence-electron chi connectivity index (χ1n) is 8.07. The van der Waals surface area contributed by atoms with Crippen LogP contribution in [0.1, 0.15) is 0 Å². The molecule has 24 heavy (non-hydrogen) atoms.